The molecule has 0 N–H and O–H groups in total. The van der Waals surface area contributed by atoms with Crippen molar-refractivity contribution in [1.82, 2.24) is 38.2 Å². The summed E-state index contributed by atoms with van der Waals surface area (Å²) in [6.45, 7) is 13.7. The Morgan fingerprint density at radius 2 is 0.493 bits per heavy atom. The summed E-state index contributed by atoms with van der Waals surface area (Å²) < 4.78 is 9.74. The highest BCUT2D eigenvalue weighted by molar-refractivity contribution is 6.39. The van der Waals surface area contributed by atoms with Gasteiger partial charge in [-0.05, 0) is 301 Å². The minimum atomic E-state index is -0.101. The zero-order chi connectivity index (χ0) is 91.4. The Bertz CT molecular complexity index is 9500. The van der Waals surface area contributed by atoms with Crippen LogP contribution in [0.2, 0.25) is 0 Å². The van der Waals surface area contributed by atoms with Gasteiger partial charge in [-0.25, -0.2) is 0 Å². The van der Waals surface area contributed by atoms with Gasteiger partial charge in [0.15, 0.2) is 0 Å². The van der Waals surface area contributed by atoms with Gasteiger partial charge in [0, 0.05) is 90.3 Å². The van der Waals surface area contributed by atoms with Crippen molar-refractivity contribution in [1.29, 1.82) is 0 Å². The molecule has 8 aromatic heterocycles. The van der Waals surface area contributed by atoms with Crippen molar-refractivity contribution in [3.8, 4) is 45.0 Å². The predicted molar refractivity (Wildman–Crippen MR) is 578 cm³/mol. The Hall–Kier alpha value is -17.6. The second-order valence-corrected chi connectivity index (χ2v) is 39.0. The van der Waals surface area contributed by atoms with Crippen LogP contribution in [0, 0.1) is 13.8 Å². The summed E-state index contributed by atoms with van der Waals surface area (Å²) in [5, 5.41) is 24.1. The van der Waals surface area contributed by atoms with E-state index in [9.17, 15) is 0 Å². The van der Waals surface area contributed by atoms with Crippen LogP contribution in [-0.4, -0.2) is 38.2 Å². The van der Waals surface area contributed by atoms with Crippen LogP contribution >= 0.6 is 0 Å². The van der Waals surface area contributed by atoms with Gasteiger partial charge < -0.3 is 28.1 Å². The SMILES string of the molecule is Cc1cnc2c3c4ccc5cc6c(c7ccc(cc3n(-c3ccc8c(c3)C(C)(C)c3ccccc3-8)c2c1)c4c57)c1ncc(C)cc1n6-c1ccc2c(c1)C(C)(C)c1ccccc1-2.c1ccc(N(c2ccc3ccccc3c2)c2cnc3c4c5ccc6cc7c(c8ccc(cc4n(-c4ccccc4)c3c2)c5c68)c2ncc(N(c3ccccc3)c3ccc4ccccc4c3)cc2n7-c2ccccc2)cc1. The maximum atomic E-state index is 5.50. The topological polar surface area (TPSA) is 77.8 Å². The quantitative estimate of drug-likeness (QED) is 0.127. The van der Waals surface area contributed by atoms with Gasteiger partial charge in [-0.2, -0.15) is 0 Å². The highest BCUT2D eigenvalue weighted by Gasteiger charge is 2.39. The van der Waals surface area contributed by atoms with Gasteiger partial charge in [-0.1, -0.05) is 270 Å². The van der Waals surface area contributed by atoms with E-state index in [4.69, 9.17) is 19.9 Å². The lowest BCUT2D eigenvalue weighted by molar-refractivity contribution is 0.660. The Labute approximate surface area is 794 Å². The Morgan fingerprint density at radius 3 is 0.862 bits per heavy atom. The second kappa shape index (κ2) is 29.0. The first kappa shape index (κ1) is 77.9. The van der Waals surface area contributed by atoms with Crippen molar-refractivity contribution in [2.24, 2.45) is 0 Å². The second-order valence-electron chi connectivity index (χ2n) is 39.0. The van der Waals surface area contributed by atoms with E-state index in [1.54, 1.807) is 0 Å². The van der Waals surface area contributed by atoms with Gasteiger partial charge in [0.2, 0.25) is 0 Å². The summed E-state index contributed by atoms with van der Waals surface area (Å²) in [5.74, 6) is 0. The molecule has 0 bridgehead atoms. The number of anilines is 6. The highest BCUT2D eigenvalue weighted by Crippen LogP contribution is 2.56. The van der Waals surface area contributed by atoms with Crippen LogP contribution in [0.3, 0.4) is 0 Å². The van der Waals surface area contributed by atoms with Crippen LogP contribution in [0.1, 0.15) is 61.1 Å². The van der Waals surface area contributed by atoms with E-state index in [0.29, 0.717) is 0 Å². The lowest BCUT2D eigenvalue weighted by atomic mass is 9.82. The van der Waals surface area contributed by atoms with Crippen molar-refractivity contribution < 1.29 is 0 Å². The first-order valence-electron chi connectivity index (χ1n) is 47.8. The lowest BCUT2D eigenvalue weighted by Crippen LogP contribution is -2.15. The Balaban J connectivity index is 0.000000136. The molecule has 8 heterocycles. The van der Waals surface area contributed by atoms with Crippen LogP contribution in [0.5, 0.6) is 0 Å². The smallest absolute Gasteiger partial charge is 0.0971 e. The van der Waals surface area contributed by atoms with Gasteiger partial charge in [-0.3, -0.25) is 19.9 Å². The molecule has 648 valence electrons. The first-order chi connectivity index (χ1) is 67.8. The molecule has 0 saturated carbocycles. The first-order valence-corrected chi connectivity index (χ1v) is 47.8. The molecule has 0 atom stereocenters. The third-order valence-electron chi connectivity index (χ3n) is 30.5. The molecule has 10 heteroatoms. The summed E-state index contributed by atoms with van der Waals surface area (Å²) in [4.78, 5) is 26.1. The van der Waals surface area contributed by atoms with Crippen molar-refractivity contribution in [2.75, 3.05) is 9.80 Å². The number of pyridine rings is 4. The van der Waals surface area contributed by atoms with Gasteiger partial charge in [0.1, 0.15) is 0 Å². The molecular formula is C128H86N10. The Kier molecular flexibility index (Phi) is 16.4. The third kappa shape index (κ3) is 11.2. The van der Waals surface area contributed by atoms with E-state index in [-0.39, 0.29) is 10.8 Å². The molecule has 0 aliphatic heterocycles. The fraction of sp³-hybridized carbons (Fsp3) is 0.0625. The average molecular weight is 1760 g/mol. The molecule has 0 fully saturated rings. The minimum absolute atomic E-state index is 0.101. The van der Waals surface area contributed by atoms with Crippen LogP contribution in [0.15, 0.2) is 413 Å². The number of benzene rings is 20. The zero-order valence-electron chi connectivity index (χ0n) is 76.7. The molecule has 0 amide bonds. The molecule has 10 nitrogen and oxygen atoms in total. The molecule has 2 aliphatic carbocycles. The van der Waals surface area contributed by atoms with Crippen molar-refractivity contribution in [2.45, 2.75) is 52.4 Å². The molecule has 2 aliphatic rings. The van der Waals surface area contributed by atoms with E-state index in [1.807, 2.05) is 12.4 Å². The van der Waals surface area contributed by atoms with Crippen molar-refractivity contribution in [3.05, 3.63) is 446 Å². The monoisotopic (exact) mass is 1760 g/mol. The van der Waals surface area contributed by atoms with Gasteiger partial charge >= 0.3 is 0 Å². The van der Waals surface area contributed by atoms with E-state index in [2.05, 4.69) is 470 Å². The summed E-state index contributed by atoms with van der Waals surface area (Å²) in [6, 6.07) is 143. The number of aromatic nitrogens is 8. The van der Waals surface area contributed by atoms with E-state index in [0.717, 1.165) is 123 Å². The summed E-state index contributed by atoms with van der Waals surface area (Å²) in [5.41, 5.74) is 36.6. The maximum absolute atomic E-state index is 5.50. The minimum Gasteiger partial charge on any atom is -0.309 e. The molecule has 30 rings (SSSR count). The van der Waals surface area contributed by atoms with Gasteiger partial charge in [0.05, 0.1) is 90.0 Å². The number of hydrogen-bond acceptors (Lipinski definition) is 6. The molecule has 138 heavy (non-hydrogen) atoms. The molecular weight excluding hydrogens is 1680 g/mol. The number of fused-ring (bicyclic) bond motifs is 24. The summed E-state index contributed by atoms with van der Waals surface area (Å²) >= 11 is 0. The van der Waals surface area contributed by atoms with E-state index in [1.165, 1.54) is 164 Å². The molecule has 0 saturated heterocycles. The van der Waals surface area contributed by atoms with E-state index < -0.39 is 0 Å². The number of para-hydroxylation sites is 4. The van der Waals surface area contributed by atoms with Gasteiger partial charge in [0.25, 0.3) is 0 Å². The largest absolute Gasteiger partial charge is 0.309 e. The maximum Gasteiger partial charge on any atom is 0.0971 e. The van der Waals surface area contributed by atoms with Crippen LogP contribution in [-0.2, 0) is 10.8 Å². The Morgan fingerprint density at radius 1 is 0.196 bits per heavy atom. The third-order valence-corrected chi connectivity index (χ3v) is 30.5. The van der Waals surface area contributed by atoms with Gasteiger partial charge in [-0.15, -0.1) is 0 Å². The number of hydrogen-bond donors (Lipinski definition) is 0. The standard InChI is InChI=1S/C70H44N6.C58H42N4/c1-5-21-51(22-6-1)73(55-33-29-45-17-13-15-19-47(45)37-55)57-41-63-69(71-43-57)67-59-35-31-50-40-62-68(60-36-32-49(65(59)66(50)60)39-61(67)75(63)53-25-9-3-10-26-53)70-64(76(62)54-27-11-4-12-28-54)42-58(44-72-70)74(52-23-7-2-8-24-52)56-34-30-46-18-14-16-20-48(46)38-56;1-31-23-49-55(59-29-31)53-41-19-15-34-26-48-54(56-50(24-32(2)30-60-56)62(48)36-18-22-40-38-12-8-10-14-44(38)58(5,6)46(40)28-36)42-20-16-33(51(41)52(34)42)25-47(53)61(49)35-17-21-39-37-11-7-9-13-43(37)57(3,4)45(39)27-35/h1-44H;7-30H,1-6H3. The summed E-state index contributed by atoms with van der Waals surface area (Å²) in [6.07, 6.45) is 8.16. The average Bonchev–Trinajstić information content (AvgIpc) is 1.52. The zero-order valence-corrected chi connectivity index (χ0v) is 76.7. The highest BCUT2D eigenvalue weighted by atomic mass is 15.2. The van der Waals surface area contributed by atoms with Crippen molar-refractivity contribution >= 4 is 208 Å². The van der Waals surface area contributed by atoms with Crippen LogP contribution in [0.25, 0.3) is 219 Å². The summed E-state index contributed by atoms with van der Waals surface area (Å²) in [7, 11) is 0. The fourth-order valence-corrected chi connectivity index (χ4v) is 24.4. The molecule has 0 radical (unpaired) electrons. The molecule has 0 spiro atoms. The van der Waals surface area contributed by atoms with Crippen molar-refractivity contribution in [3.63, 3.8) is 0 Å². The molecule has 20 aromatic carbocycles. The number of nitrogens with zero attached hydrogens (tertiary/aromatic N) is 10. The van der Waals surface area contributed by atoms with Crippen LogP contribution < -0.4 is 9.80 Å². The van der Waals surface area contributed by atoms with Crippen LogP contribution in [0.4, 0.5) is 34.1 Å². The lowest BCUT2D eigenvalue weighted by Gasteiger charge is -2.25. The fourth-order valence-electron chi connectivity index (χ4n) is 24.4. The molecule has 28 aromatic rings. The molecule has 0 unspecified atom stereocenters. The number of rotatable bonds is 10. The number of aryl methyl sites for hydroxylation is 2. The van der Waals surface area contributed by atoms with E-state index >= 15 is 0 Å². The normalized spacial score (nSPS) is 13.3. The predicted octanol–water partition coefficient (Wildman–Crippen LogP) is 33.6.